The minimum Gasteiger partial charge on any atom is -0.489 e. The van der Waals surface area contributed by atoms with Gasteiger partial charge in [0.1, 0.15) is 5.75 Å². The van der Waals surface area contributed by atoms with Gasteiger partial charge in [-0.3, -0.25) is 0 Å². The summed E-state index contributed by atoms with van der Waals surface area (Å²) in [6, 6.07) is 5.27. The van der Waals surface area contributed by atoms with Gasteiger partial charge in [0.2, 0.25) is 0 Å². The third-order valence-electron chi connectivity index (χ3n) is 5.33. The molecule has 4 nitrogen and oxygen atoms in total. The lowest BCUT2D eigenvalue weighted by molar-refractivity contribution is 0.0348. The molecule has 0 bridgehead atoms. The molecule has 0 saturated heterocycles. The van der Waals surface area contributed by atoms with Crippen LogP contribution in [-0.2, 0) is 9.16 Å². The summed E-state index contributed by atoms with van der Waals surface area (Å²) in [5.41, 5.74) is 0.510. The molecular formula is C19H29BrO4Si. The zero-order valence-electron chi connectivity index (χ0n) is 16.0. The third kappa shape index (κ3) is 5.08. The van der Waals surface area contributed by atoms with E-state index in [-0.39, 0.29) is 17.1 Å². The van der Waals surface area contributed by atoms with E-state index in [4.69, 9.17) is 13.9 Å². The van der Waals surface area contributed by atoms with Gasteiger partial charge in [-0.25, -0.2) is 4.79 Å². The van der Waals surface area contributed by atoms with Crippen molar-refractivity contribution in [3.05, 3.63) is 28.2 Å². The smallest absolute Gasteiger partial charge is 0.337 e. The summed E-state index contributed by atoms with van der Waals surface area (Å²) in [7, 11) is -0.292. The Bertz CT molecular complexity index is 618. The largest absolute Gasteiger partial charge is 0.489 e. The molecular weight excluding hydrogens is 400 g/mol. The highest BCUT2D eigenvalue weighted by Gasteiger charge is 2.39. The van der Waals surface area contributed by atoms with Crippen LogP contribution in [0, 0.1) is 5.92 Å². The average Bonchev–Trinajstić information content (AvgIpc) is 2.48. The quantitative estimate of drug-likeness (QED) is 0.448. The van der Waals surface area contributed by atoms with Crippen molar-refractivity contribution in [2.24, 2.45) is 5.92 Å². The summed E-state index contributed by atoms with van der Waals surface area (Å²) in [5.74, 6) is 0.993. The van der Waals surface area contributed by atoms with Gasteiger partial charge < -0.3 is 13.9 Å². The second kappa shape index (κ2) is 7.80. The maximum atomic E-state index is 11.5. The van der Waals surface area contributed by atoms with Crippen LogP contribution in [0.3, 0.4) is 0 Å². The van der Waals surface area contributed by atoms with Crippen LogP contribution in [0.1, 0.15) is 44.0 Å². The lowest BCUT2D eigenvalue weighted by Gasteiger charge is -2.41. The third-order valence-corrected chi connectivity index (χ3v) is 10.4. The van der Waals surface area contributed by atoms with Gasteiger partial charge in [0.05, 0.1) is 23.2 Å². The predicted molar refractivity (Wildman–Crippen MR) is 106 cm³/mol. The molecule has 0 radical (unpaired) electrons. The summed E-state index contributed by atoms with van der Waals surface area (Å²) in [4.78, 5) is 11.5. The van der Waals surface area contributed by atoms with E-state index in [1.165, 1.54) is 7.11 Å². The number of ether oxygens (including phenoxy) is 2. The molecule has 1 aliphatic carbocycles. The minimum absolute atomic E-state index is 0.216. The van der Waals surface area contributed by atoms with Crippen molar-refractivity contribution in [3.8, 4) is 5.75 Å². The van der Waals surface area contributed by atoms with E-state index < -0.39 is 8.32 Å². The van der Waals surface area contributed by atoms with Gasteiger partial charge in [-0.1, -0.05) is 20.8 Å². The number of carbonyl (C=O) groups is 1. The van der Waals surface area contributed by atoms with Crippen molar-refractivity contribution in [3.63, 3.8) is 0 Å². The molecule has 25 heavy (non-hydrogen) atoms. The molecule has 0 spiro atoms. The van der Waals surface area contributed by atoms with Gasteiger partial charge in [-0.05, 0) is 71.0 Å². The first kappa shape index (κ1) is 20.5. The summed E-state index contributed by atoms with van der Waals surface area (Å²) in [6.07, 6.45) is 2.24. The minimum atomic E-state index is -1.67. The van der Waals surface area contributed by atoms with Gasteiger partial charge in [-0.15, -0.1) is 0 Å². The molecule has 0 atom stereocenters. The van der Waals surface area contributed by atoms with E-state index >= 15 is 0 Å². The molecule has 0 N–H and O–H groups in total. The van der Waals surface area contributed by atoms with Crippen LogP contribution in [0.5, 0.6) is 5.75 Å². The highest BCUT2D eigenvalue weighted by Crippen LogP contribution is 2.39. The van der Waals surface area contributed by atoms with Gasteiger partial charge in [0.15, 0.2) is 8.32 Å². The molecule has 1 aliphatic rings. The van der Waals surface area contributed by atoms with Crippen LogP contribution >= 0.6 is 15.9 Å². The maximum absolute atomic E-state index is 11.5. The lowest BCUT2D eigenvalue weighted by atomic mass is 9.83. The van der Waals surface area contributed by atoms with E-state index in [9.17, 15) is 4.79 Å². The number of methoxy groups -OCH3 is 1. The molecule has 1 saturated carbocycles. The molecule has 0 heterocycles. The Hall–Kier alpha value is -0.853. The van der Waals surface area contributed by atoms with Crippen molar-refractivity contribution >= 4 is 30.2 Å². The first-order chi connectivity index (χ1) is 11.5. The molecule has 0 aromatic heterocycles. The van der Waals surface area contributed by atoms with Gasteiger partial charge in [0.25, 0.3) is 0 Å². The Balaban J connectivity index is 1.81. The van der Waals surface area contributed by atoms with Gasteiger partial charge in [0, 0.05) is 6.61 Å². The van der Waals surface area contributed by atoms with Crippen molar-refractivity contribution < 1.29 is 18.7 Å². The van der Waals surface area contributed by atoms with Gasteiger partial charge >= 0.3 is 5.97 Å². The van der Waals surface area contributed by atoms with Crippen LogP contribution in [0.15, 0.2) is 22.7 Å². The second-order valence-electron chi connectivity index (χ2n) is 8.29. The first-order valence-electron chi connectivity index (χ1n) is 8.72. The Morgan fingerprint density at radius 3 is 2.44 bits per heavy atom. The average molecular weight is 429 g/mol. The number of halogens is 1. The topological polar surface area (TPSA) is 44.8 Å². The number of carbonyl (C=O) groups excluding carboxylic acids is 1. The summed E-state index contributed by atoms with van der Waals surface area (Å²) < 4.78 is 17.8. The van der Waals surface area contributed by atoms with Crippen LogP contribution in [0.25, 0.3) is 0 Å². The summed E-state index contributed by atoms with van der Waals surface area (Å²) in [5, 5.41) is 0.249. The fourth-order valence-corrected chi connectivity index (χ4v) is 4.03. The highest BCUT2D eigenvalue weighted by atomic mass is 79.9. The standard InChI is InChI=1S/C19H29BrO4Si/c1-19(2,3)25(5,6)23-12-13-9-15(10-13)24-17-8-7-14(11-16(17)20)18(21)22-4/h7-8,11,13,15H,9-10,12H2,1-6H3. The van der Waals surface area contributed by atoms with Crippen LogP contribution in [0.4, 0.5) is 0 Å². The van der Waals surface area contributed by atoms with Crippen LogP contribution in [0.2, 0.25) is 18.1 Å². The van der Waals surface area contributed by atoms with Crippen molar-refractivity contribution in [2.45, 2.75) is 57.8 Å². The lowest BCUT2D eigenvalue weighted by Crippen LogP contribution is -2.44. The Morgan fingerprint density at radius 2 is 1.92 bits per heavy atom. The predicted octanol–water partition coefficient (Wildman–Crippen LogP) is 5.41. The second-order valence-corrected chi connectivity index (χ2v) is 13.9. The number of rotatable bonds is 6. The molecule has 1 aromatic carbocycles. The van der Waals surface area contributed by atoms with E-state index in [1.54, 1.807) is 12.1 Å². The van der Waals surface area contributed by atoms with E-state index in [0.29, 0.717) is 11.5 Å². The Kier molecular flexibility index (Phi) is 6.38. The Labute approximate surface area is 160 Å². The zero-order valence-corrected chi connectivity index (χ0v) is 18.6. The number of esters is 1. The molecule has 0 unspecified atom stereocenters. The van der Waals surface area contributed by atoms with Gasteiger partial charge in [-0.2, -0.15) is 0 Å². The fraction of sp³-hybridized carbons (Fsp3) is 0.632. The summed E-state index contributed by atoms with van der Waals surface area (Å²) >= 11 is 3.47. The normalized spacial score (nSPS) is 20.8. The fourth-order valence-electron chi connectivity index (χ4n) is 2.47. The van der Waals surface area contributed by atoms with Crippen molar-refractivity contribution in [1.82, 2.24) is 0 Å². The summed E-state index contributed by atoms with van der Waals surface area (Å²) in [6.45, 7) is 12.2. The molecule has 1 aromatic rings. The van der Waals surface area contributed by atoms with E-state index in [0.717, 1.165) is 29.7 Å². The van der Waals surface area contributed by atoms with Crippen molar-refractivity contribution in [2.75, 3.05) is 13.7 Å². The van der Waals surface area contributed by atoms with Crippen molar-refractivity contribution in [1.29, 1.82) is 0 Å². The number of hydrogen-bond acceptors (Lipinski definition) is 4. The number of hydrogen-bond donors (Lipinski definition) is 0. The molecule has 2 rings (SSSR count). The first-order valence-corrected chi connectivity index (χ1v) is 12.4. The SMILES string of the molecule is COC(=O)c1ccc(OC2CC(CO[Si](C)(C)C(C)(C)C)C2)c(Br)c1. The van der Waals surface area contributed by atoms with Crippen LogP contribution in [-0.4, -0.2) is 34.1 Å². The highest BCUT2D eigenvalue weighted by molar-refractivity contribution is 9.10. The van der Waals surface area contributed by atoms with Crippen LogP contribution < -0.4 is 4.74 Å². The van der Waals surface area contributed by atoms with E-state index in [1.807, 2.05) is 6.07 Å². The molecule has 1 fully saturated rings. The maximum Gasteiger partial charge on any atom is 0.337 e. The molecule has 0 aliphatic heterocycles. The molecule has 6 heteroatoms. The molecule has 0 amide bonds. The number of benzene rings is 1. The zero-order chi connectivity index (χ0) is 18.8. The molecule has 140 valence electrons. The Morgan fingerprint density at radius 1 is 1.28 bits per heavy atom. The van der Waals surface area contributed by atoms with E-state index in [2.05, 4.69) is 49.8 Å². The monoisotopic (exact) mass is 428 g/mol.